The van der Waals surface area contributed by atoms with Crippen molar-refractivity contribution < 1.29 is 9.53 Å². The molecule has 1 aromatic heterocycles. The number of aromatic nitrogens is 1. The third kappa shape index (κ3) is 7.51. The van der Waals surface area contributed by atoms with Crippen molar-refractivity contribution in [2.24, 2.45) is 4.99 Å². The predicted molar refractivity (Wildman–Crippen MR) is 160 cm³/mol. The van der Waals surface area contributed by atoms with Crippen molar-refractivity contribution in [2.45, 2.75) is 46.0 Å². The first kappa shape index (κ1) is 28.6. The average molecular weight is 510 g/mol. The van der Waals surface area contributed by atoms with Crippen LogP contribution in [0, 0.1) is 0 Å². The van der Waals surface area contributed by atoms with Crippen LogP contribution in [0.3, 0.4) is 0 Å². The summed E-state index contributed by atoms with van der Waals surface area (Å²) in [7, 11) is 1.59. The standard InChI is InChI=1S/C33H39N3O2/c1-8-23(3)12-13-27-22-34-31(20-30(27)26(6)38-7)32-21-33(37)25(5)19-28(35-32)14-15-29(9-2)36-17-10-11-24(4)16-18-36/h8-9,12,14-15,20-22H,1,4-6,10-11,13,16-19H2,2-3,7H3/b15-14-,23-12-,29-9+. The predicted octanol–water partition coefficient (Wildman–Crippen LogP) is 7.19. The summed E-state index contributed by atoms with van der Waals surface area (Å²) in [6, 6.07) is 1.89. The molecule has 0 N–H and O–H groups in total. The van der Waals surface area contributed by atoms with E-state index >= 15 is 0 Å². The molecule has 0 spiro atoms. The van der Waals surface area contributed by atoms with Crippen molar-refractivity contribution in [1.29, 1.82) is 0 Å². The van der Waals surface area contributed by atoms with Crippen LogP contribution in [-0.2, 0) is 16.0 Å². The van der Waals surface area contributed by atoms with Crippen LogP contribution in [0.25, 0.3) is 11.5 Å². The first-order valence-corrected chi connectivity index (χ1v) is 13.0. The van der Waals surface area contributed by atoms with Gasteiger partial charge in [-0.25, -0.2) is 0 Å². The van der Waals surface area contributed by atoms with Crippen molar-refractivity contribution in [3.63, 3.8) is 0 Å². The Kier molecular flexibility index (Phi) is 10.2. The van der Waals surface area contributed by atoms with Crippen LogP contribution >= 0.6 is 0 Å². The number of carbonyl (C=O) groups excluding carboxylic acids is 1. The maximum Gasteiger partial charge on any atom is 0.183 e. The van der Waals surface area contributed by atoms with Gasteiger partial charge < -0.3 is 9.64 Å². The van der Waals surface area contributed by atoms with E-state index in [4.69, 9.17) is 9.73 Å². The Balaban J connectivity index is 1.95. The van der Waals surface area contributed by atoms with Crippen molar-refractivity contribution in [2.75, 3.05) is 20.2 Å². The lowest BCUT2D eigenvalue weighted by atomic mass is 10.0. The zero-order valence-corrected chi connectivity index (χ0v) is 23.1. The molecule has 0 unspecified atom stereocenters. The zero-order valence-electron chi connectivity index (χ0n) is 23.1. The second kappa shape index (κ2) is 13.5. The van der Waals surface area contributed by atoms with E-state index in [0.717, 1.165) is 60.5 Å². The van der Waals surface area contributed by atoms with Gasteiger partial charge in [-0.1, -0.05) is 55.7 Å². The van der Waals surface area contributed by atoms with Crippen LogP contribution in [0.2, 0.25) is 0 Å². The maximum absolute atomic E-state index is 12.8. The lowest BCUT2D eigenvalue weighted by Gasteiger charge is -2.23. The minimum Gasteiger partial charge on any atom is -0.497 e. The molecule has 3 rings (SSSR count). The monoisotopic (exact) mass is 509 g/mol. The Morgan fingerprint density at radius 2 is 2.03 bits per heavy atom. The smallest absolute Gasteiger partial charge is 0.183 e. The van der Waals surface area contributed by atoms with E-state index in [1.54, 1.807) is 13.3 Å². The van der Waals surface area contributed by atoms with Gasteiger partial charge in [0.2, 0.25) is 0 Å². The molecule has 5 nitrogen and oxygen atoms in total. The largest absolute Gasteiger partial charge is 0.497 e. The molecular formula is C33H39N3O2. The summed E-state index contributed by atoms with van der Waals surface area (Å²) in [5, 5.41) is 0. The second-order valence-corrected chi connectivity index (χ2v) is 9.63. The zero-order chi connectivity index (χ0) is 27.7. The van der Waals surface area contributed by atoms with Gasteiger partial charge in [0.15, 0.2) is 5.78 Å². The highest BCUT2D eigenvalue weighted by Gasteiger charge is 2.18. The van der Waals surface area contributed by atoms with Gasteiger partial charge in [-0.05, 0) is 68.9 Å². The van der Waals surface area contributed by atoms with Crippen molar-refractivity contribution in [3.8, 4) is 0 Å². The molecule has 0 atom stereocenters. The summed E-state index contributed by atoms with van der Waals surface area (Å²) in [6.45, 7) is 22.0. The minimum absolute atomic E-state index is 0.146. The van der Waals surface area contributed by atoms with E-state index in [-0.39, 0.29) is 5.78 Å². The van der Waals surface area contributed by atoms with Gasteiger partial charge in [0.25, 0.3) is 0 Å². The van der Waals surface area contributed by atoms with E-state index in [0.29, 0.717) is 35.6 Å². The molecule has 0 amide bonds. The van der Waals surface area contributed by atoms with E-state index in [1.807, 2.05) is 32.1 Å². The number of ether oxygens (including phenoxy) is 1. The van der Waals surface area contributed by atoms with Gasteiger partial charge in [0, 0.05) is 48.8 Å². The Hall–Kier alpha value is -3.99. The van der Waals surface area contributed by atoms with Crippen LogP contribution < -0.4 is 0 Å². The van der Waals surface area contributed by atoms with Gasteiger partial charge in [-0.3, -0.25) is 14.8 Å². The first-order valence-electron chi connectivity index (χ1n) is 13.0. The van der Waals surface area contributed by atoms with E-state index < -0.39 is 0 Å². The molecule has 1 saturated heterocycles. The van der Waals surface area contributed by atoms with Crippen LogP contribution in [0.4, 0.5) is 0 Å². The minimum atomic E-state index is -0.146. The van der Waals surface area contributed by atoms with Gasteiger partial charge in [-0.15, -0.1) is 0 Å². The highest BCUT2D eigenvalue weighted by atomic mass is 16.5. The number of allylic oxidation sites excluding steroid dienone is 8. The molecule has 0 saturated carbocycles. The first-order chi connectivity index (χ1) is 18.2. The Morgan fingerprint density at radius 1 is 1.24 bits per heavy atom. The number of likely N-dealkylation sites (tertiary alicyclic amines) is 1. The number of pyridine rings is 1. The summed E-state index contributed by atoms with van der Waals surface area (Å²) in [6.07, 6.45) is 17.6. The molecule has 1 aromatic rings. The summed E-state index contributed by atoms with van der Waals surface area (Å²) < 4.78 is 5.46. The number of rotatable bonds is 9. The number of hydrogen-bond acceptors (Lipinski definition) is 5. The molecule has 0 bridgehead atoms. The fraction of sp³-hybridized carbons (Fsp3) is 0.303. The fourth-order valence-corrected chi connectivity index (χ4v) is 4.37. The van der Waals surface area contributed by atoms with Gasteiger partial charge in [-0.2, -0.15) is 0 Å². The molecule has 198 valence electrons. The summed E-state index contributed by atoms with van der Waals surface area (Å²) in [5.74, 6) is 0.382. The van der Waals surface area contributed by atoms with Crippen LogP contribution in [-0.4, -0.2) is 41.6 Å². The normalized spacial score (nSPS) is 17.7. The highest BCUT2D eigenvalue weighted by molar-refractivity contribution is 6.15. The van der Waals surface area contributed by atoms with E-state index in [1.165, 1.54) is 11.6 Å². The topological polar surface area (TPSA) is 54.8 Å². The van der Waals surface area contributed by atoms with Gasteiger partial charge >= 0.3 is 0 Å². The molecule has 0 aromatic carbocycles. The number of carbonyl (C=O) groups is 1. The molecule has 1 fully saturated rings. The lowest BCUT2D eigenvalue weighted by molar-refractivity contribution is -0.111. The third-order valence-corrected chi connectivity index (χ3v) is 6.84. The number of nitrogens with zero attached hydrogens (tertiary/aromatic N) is 3. The SMILES string of the molecule is C=C/C(C)=C\Cc1cnc(C2=CC(=O)C(=C)CC(/C=C\C(=C/C)N3CCCC(=C)CC3)=N2)cc1C(=C)OC. The van der Waals surface area contributed by atoms with Gasteiger partial charge in [0.05, 0.1) is 18.5 Å². The molecule has 0 aliphatic carbocycles. The summed E-state index contributed by atoms with van der Waals surface area (Å²) in [4.78, 5) is 24.7. The van der Waals surface area contributed by atoms with Gasteiger partial charge in [0.1, 0.15) is 5.76 Å². The number of methoxy groups -OCH3 is 1. The Bertz CT molecular complexity index is 1290. The molecule has 2 aliphatic heterocycles. The summed E-state index contributed by atoms with van der Waals surface area (Å²) >= 11 is 0. The average Bonchev–Trinajstić information content (AvgIpc) is 3.22. The second-order valence-electron chi connectivity index (χ2n) is 9.63. The third-order valence-electron chi connectivity index (χ3n) is 6.84. The van der Waals surface area contributed by atoms with Crippen molar-refractivity contribution in [3.05, 3.63) is 114 Å². The number of aliphatic imine (C=N–C) groups is 1. The molecule has 0 radical (unpaired) electrons. The molecular weight excluding hydrogens is 470 g/mol. The van der Waals surface area contributed by atoms with Crippen molar-refractivity contribution >= 4 is 23.0 Å². The van der Waals surface area contributed by atoms with Crippen molar-refractivity contribution in [1.82, 2.24) is 9.88 Å². The molecule has 5 heteroatoms. The highest BCUT2D eigenvalue weighted by Crippen LogP contribution is 2.27. The van der Waals surface area contributed by atoms with E-state index in [9.17, 15) is 4.79 Å². The van der Waals surface area contributed by atoms with E-state index in [2.05, 4.69) is 54.4 Å². The molecule has 3 heterocycles. The lowest BCUT2D eigenvalue weighted by Crippen LogP contribution is -2.23. The quantitative estimate of drug-likeness (QED) is 0.153. The molecule has 2 aliphatic rings. The Morgan fingerprint density at radius 3 is 2.74 bits per heavy atom. The van der Waals surface area contributed by atoms with Crippen LogP contribution in [0.1, 0.15) is 56.4 Å². The van der Waals surface area contributed by atoms with Crippen LogP contribution in [0.15, 0.2) is 102 Å². The van der Waals surface area contributed by atoms with Crippen LogP contribution in [0.5, 0.6) is 0 Å². The molecule has 38 heavy (non-hydrogen) atoms. The number of ketones is 1. The fourth-order valence-electron chi connectivity index (χ4n) is 4.37. The summed E-state index contributed by atoms with van der Waals surface area (Å²) in [5.41, 5.74) is 7.65. The maximum atomic E-state index is 12.8. The number of hydrogen-bond donors (Lipinski definition) is 0. The Labute approximate surface area is 227 Å².